The molecule has 3 heteroatoms. The zero-order chi connectivity index (χ0) is 14.4. The molecule has 2 nitrogen and oxygen atoms in total. The van der Waals surface area contributed by atoms with Crippen molar-refractivity contribution >= 4 is 11.6 Å². The van der Waals surface area contributed by atoms with E-state index >= 15 is 0 Å². The normalized spacial score (nSPS) is 10.8. The van der Waals surface area contributed by atoms with E-state index < -0.39 is 0 Å². The van der Waals surface area contributed by atoms with Crippen LogP contribution in [-0.2, 0) is 13.2 Å². The summed E-state index contributed by atoms with van der Waals surface area (Å²) >= 11 is 5.95. The van der Waals surface area contributed by atoms with Crippen LogP contribution < -0.4 is 10.1 Å². The van der Waals surface area contributed by atoms with E-state index in [1.807, 2.05) is 36.4 Å². The lowest BCUT2D eigenvalue weighted by Gasteiger charge is -2.10. The summed E-state index contributed by atoms with van der Waals surface area (Å²) in [6.45, 7) is 5.70. The minimum absolute atomic E-state index is 0.494. The van der Waals surface area contributed by atoms with E-state index in [1.165, 1.54) is 5.56 Å². The van der Waals surface area contributed by atoms with Crippen molar-refractivity contribution in [3.63, 3.8) is 0 Å². The molecule has 0 saturated carbocycles. The van der Waals surface area contributed by atoms with Crippen LogP contribution in [0.15, 0.2) is 48.5 Å². The van der Waals surface area contributed by atoms with Gasteiger partial charge in [0.1, 0.15) is 12.4 Å². The second-order valence-corrected chi connectivity index (χ2v) is 5.53. The van der Waals surface area contributed by atoms with Crippen molar-refractivity contribution in [1.29, 1.82) is 0 Å². The third-order valence-corrected chi connectivity index (χ3v) is 3.17. The predicted molar refractivity (Wildman–Crippen MR) is 84.2 cm³/mol. The average molecular weight is 290 g/mol. The molecule has 0 heterocycles. The van der Waals surface area contributed by atoms with E-state index in [0.717, 1.165) is 22.9 Å². The number of nitrogens with one attached hydrogen (secondary N) is 1. The molecule has 0 aromatic heterocycles. The predicted octanol–water partition coefficient (Wildman–Crippen LogP) is 4.42. The molecule has 0 bridgehead atoms. The Morgan fingerprint density at radius 1 is 1.05 bits per heavy atom. The van der Waals surface area contributed by atoms with Crippen LogP contribution in [-0.4, -0.2) is 6.04 Å². The Labute approximate surface area is 125 Å². The summed E-state index contributed by atoms with van der Waals surface area (Å²) in [4.78, 5) is 0. The minimum atomic E-state index is 0.494. The first-order valence-electron chi connectivity index (χ1n) is 6.83. The standard InChI is InChI=1S/C17H20ClNO/c1-13(2)19-11-14-6-8-17(9-7-14)20-12-15-4-3-5-16(18)10-15/h3-10,13,19H,11-12H2,1-2H3. The molecule has 0 saturated heterocycles. The maximum atomic E-state index is 5.95. The van der Waals surface area contributed by atoms with Crippen LogP contribution in [0.4, 0.5) is 0 Å². The van der Waals surface area contributed by atoms with Gasteiger partial charge in [0.25, 0.3) is 0 Å². The van der Waals surface area contributed by atoms with Crippen LogP contribution in [0, 0.1) is 0 Å². The summed E-state index contributed by atoms with van der Waals surface area (Å²) in [6.07, 6.45) is 0. The van der Waals surface area contributed by atoms with Crippen molar-refractivity contribution in [2.75, 3.05) is 0 Å². The molecule has 0 unspecified atom stereocenters. The minimum Gasteiger partial charge on any atom is -0.489 e. The fraction of sp³-hybridized carbons (Fsp3) is 0.294. The largest absolute Gasteiger partial charge is 0.489 e. The van der Waals surface area contributed by atoms with Gasteiger partial charge in [0, 0.05) is 17.6 Å². The topological polar surface area (TPSA) is 21.3 Å². The first kappa shape index (κ1) is 14.9. The Morgan fingerprint density at radius 3 is 2.45 bits per heavy atom. The number of ether oxygens (including phenoxy) is 1. The van der Waals surface area contributed by atoms with Crippen molar-refractivity contribution < 1.29 is 4.74 Å². The molecule has 2 rings (SSSR count). The molecular formula is C17H20ClNO. The number of rotatable bonds is 6. The molecule has 0 fully saturated rings. The molecular weight excluding hydrogens is 270 g/mol. The Hall–Kier alpha value is -1.51. The van der Waals surface area contributed by atoms with E-state index in [9.17, 15) is 0 Å². The number of halogens is 1. The molecule has 0 atom stereocenters. The zero-order valence-electron chi connectivity index (χ0n) is 11.9. The molecule has 0 aliphatic carbocycles. The maximum Gasteiger partial charge on any atom is 0.119 e. The van der Waals surface area contributed by atoms with Crippen LogP contribution in [0.1, 0.15) is 25.0 Å². The zero-order valence-corrected chi connectivity index (χ0v) is 12.7. The van der Waals surface area contributed by atoms with Gasteiger partial charge >= 0.3 is 0 Å². The Bertz CT molecular complexity index is 537. The first-order chi connectivity index (χ1) is 9.63. The Balaban J connectivity index is 1.87. The van der Waals surface area contributed by atoms with Crippen LogP contribution in [0.2, 0.25) is 5.02 Å². The number of benzene rings is 2. The summed E-state index contributed by atoms with van der Waals surface area (Å²) in [5.41, 5.74) is 2.33. The van der Waals surface area contributed by atoms with Gasteiger partial charge in [-0.3, -0.25) is 0 Å². The molecule has 0 spiro atoms. The Kier molecular flexibility index (Phi) is 5.45. The number of hydrogen-bond donors (Lipinski definition) is 1. The van der Waals surface area contributed by atoms with Crippen molar-refractivity contribution in [2.45, 2.75) is 33.0 Å². The van der Waals surface area contributed by atoms with Gasteiger partial charge in [0.15, 0.2) is 0 Å². The SMILES string of the molecule is CC(C)NCc1ccc(OCc2cccc(Cl)c2)cc1. The fourth-order valence-electron chi connectivity index (χ4n) is 1.82. The average Bonchev–Trinajstić information content (AvgIpc) is 2.44. The first-order valence-corrected chi connectivity index (χ1v) is 7.21. The molecule has 0 radical (unpaired) electrons. The van der Waals surface area contributed by atoms with Crippen molar-refractivity contribution in [2.24, 2.45) is 0 Å². The third kappa shape index (κ3) is 4.87. The van der Waals surface area contributed by atoms with Gasteiger partial charge in [-0.2, -0.15) is 0 Å². The van der Waals surface area contributed by atoms with E-state index in [4.69, 9.17) is 16.3 Å². The highest BCUT2D eigenvalue weighted by Crippen LogP contribution is 2.16. The quantitative estimate of drug-likeness (QED) is 0.850. The van der Waals surface area contributed by atoms with Gasteiger partial charge in [-0.15, -0.1) is 0 Å². The van der Waals surface area contributed by atoms with Gasteiger partial charge in [-0.1, -0.05) is 49.7 Å². The number of hydrogen-bond acceptors (Lipinski definition) is 2. The van der Waals surface area contributed by atoms with Crippen molar-refractivity contribution in [1.82, 2.24) is 5.32 Å². The van der Waals surface area contributed by atoms with E-state index in [-0.39, 0.29) is 0 Å². The van der Waals surface area contributed by atoms with Gasteiger partial charge in [0.05, 0.1) is 0 Å². The van der Waals surface area contributed by atoms with Crippen LogP contribution in [0.5, 0.6) is 5.75 Å². The maximum absolute atomic E-state index is 5.95. The van der Waals surface area contributed by atoms with Gasteiger partial charge < -0.3 is 10.1 Å². The van der Waals surface area contributed by atoms with Crippen molar-refractivity contribution in [3.05, 3.63) is 64.7 Å². The van der Waals surface area contributed by atoms with Crippen molar-refractivity contribution in [3.8, 4) is 5.75 Å². The molecule has 20 heavy (non-hydrogen) atoms. The van der Waals surface area contributed by atoms with E-state index in [0.29, 0.717) is 12.6 Å². The Morgan fingerprint density at radius 2 is 1.80 bits per heavy atom. The molecule has 0 amide bonds. The van der Waals surface area contributed by atoms with Gasteiger partial charge in [-0.25, -0.2) is 0 Å². The van der Waals surface area contributed by atoms with E-state index in [2.05, 4.69) is 31.3 Å². The van der Waals surface area contributed by atoms with Crippen LogP contribution in [0.3, 0.4) is 0 Å². The smallest absolute Gasteiger partial charge is 0.119 e. The van der Waals surface area contributed by atoms with Gasteiger partial charge in [-0.05, 0) is 35.4 Å². The molecule has 2 aromatic rings. The summed E-state index contributed by atoms with van der Waals surface area (Å²) in [7, 11) is 0. The second kappa shape index (κ2) is 7.32. The molecule has 106 valence electrons. The van der Waals surface area contributed by atoms with Gasteiger partial charge in [0.2, 0.25) is 0 Å². The molecule has 0 aliphatic heterocycles. The fourth-order valence-corrected chi connectivity index (χ4v) is 2.03. The summed E-state index contributed by atoms with van der Waals surface area (Å²) in [6, 6.07) is 16.4. The molecule has 1 N–H and O–H groups in total. The van der Waals surface area contributed by atoms with Crippen LogP contribution >= 0.6 is 11.6 Å². The monoisotopic (exact) mass is 289 g/mol. The van der Waals surface area contributed by atoms with Crippen LogP contribution in [0.25, 0.3) is 0 Å². The second-order valence-electron chi connectivity index (χ2n) is 5.10. The summed E-state index contributed by atoms with van der Waals surface area (Å²) in [5.74, 6) is 0.873. The highest BCUT2D eigenvalue weighted by Gasteiger charge is 1.99. The molecule has 0 aliphatic rings. The third-order valence-electron chi connectivity index (χ3n) is 2.93. The van der Waals surface area contributed by atoms with E-state index in [1.54, 1.807) is 0 Å². The summed E-state index contributed by atoms with van der Waals surface area (Å²) in [5, 5.41) is 4.13. The molecule has 2 aromatic carbocycles. The highest BCUT2D eigenvalue weighted by molar-refractivity contribution is 6.30. The highest BCUT2D eigenvalue weighted by atomic mass is 35.5. The lowest BCUT2D eigenvalue weighted by Crippen LogP contribution is -2.21. The lowest BCUT2D eigenvalue weighted by molar-refractivity contribution is 0.306. The lowest BCUT2D eigenvalue weighted by atomic mass is 10.2. The summed E-state index contributed by atoms with van der Waals surface area (Å²) < 4.78 is 5.75.